The number of anilines is 1. The molecule has 18 heavy (non-hydrogen) atoms. The Morgan fingerprint density at radius 1 is 1.44 bits per heavy atom. The van der Waals surface area contributed by atoms with Crippen LogP contribution in [0.15, 0.2) is 18.2 Å². The van der Waals surface area contributed by atoms with Crippen LogP contribution in [0.4, 0.5) is 5.69 Å². The van der Waals surface area contributed by atoms with Crippen molar-refractivity contribution in [2.75, 3.05) is 5.73 Å². The number of nitrogens with one attached hydrogen (secondary N) is 1. The number of rotatable bonds is 2. The first-order valence-electron chi connectivity index (χ1n) is 6.26. The smallest absolute Gasteiger partial charge is 0.112 e. The molecule has 0 saturated carbocycles. The molecule has 1 aliphatic rings. The van der Waals surface area contributed by atoms with Crippen LogP contribution in [-0.4, -0.2) is 29.7 Å². The summed E-state index contributed by atoms with van der Waals surface area (Å²) in [7, 11) is -0.570. The average Bonchev–Trinajstić information content (AvgIpc) is 2.56. The van der Waals surface area contributed by atoms with Crippen molar-refractivity contribution in [3.05, 3.63) is 18.2 Å². The third-order valence-electron chi connectivity index (χ3n) is 3.92. The van der Waals surface area contributed by atoms with Crippen LogP contribution in [0, 0.1) is 5.92 Å². The third kappa shape index (κ3) is 1.83. The van der Waals surface area contributed by atoms with Gasteiger partial charge < -0.3 is 10.8 Å². The van der Waals surface area contributed by atoms with Crippen LogP contribution in [0.1, 0.15) is 13.8 Å². The Morgan fingerprint density at radius 3 is 2.83 bits per heavy atom. The molecule has 0 aliphatic carbocycles. The lowest BCUT2D eigenvalue weighted by atomic mass is 9.94. The number of nitrogen functional groups attached to an aromatic ring is 1. The number of fused-ring (bicyclic) bond motifs is 1. The fourth-order valence-corrected chi connectivity index (χ4v) is 5.82. The van der Waals surface area contributed by atoms with E-state index in [2.05, 4.69) is 16.3 Å². The number of hydrogen-bond donors (Lipinski definition) is 3. The van der Waals surface area contributed by atoms with Gasteiger partial charge in [0, 0.05) is 16.4 Å². The van der Waals surface area contributed by atoms with Crippen LogP contribution >= 0.6 is 0 Å². The summed E-state index contributed by atoms with van der Waals surface area (Å²) in [4.78, 5) is 0. The third-order valence-corrected chi connectivity index (χ3v) is 6.98. The van der Waals surface area contributed by atoms with Gasteiger partial charge >= 0.3 is 0 Å². The van der Waals surface area contributed by atoms with E-state index in [-0.39, 0.29) is 0 Å². The summed E-state index contributed by atoms with van der Waals surface area (Å²) in [5.74, 6) is 0.429. The largest absolute Gasteiger partial charge is 0.399 e. The van der Waals surface area contributed by atoms with Crippen LogP contribution in [0.3, 0.4) is 0 Å². The molecule has 0 amide bonds. The van der Waals surface area contributed by atoms with Crippen LogP contribution in [0.2, 0.25) is 12.1 Å². The summed E-state index contributed by atoms with van der Waals surface area (Å²) in [6.07, 6.45) is 0. The maximum atomic E-state index is 9.98. The van der Waals surface area contributed by atoms with Gasteiger partial charge in [0.1, 0.15) is 8.80 Å². The van der Waals surface area contributed by atoms with Crippen molar-refractivity contribution < 1.29 is 5.11 Å². The van der Waals surface area contributed by atoms with Gasteiger partial charge in [-0.1, -0.05) is 0 Å². The van der Waals surface area contributed by atoms with Crippen molar-refractivity contribution in [3.63, 3.8) is 0 Å². The predicted molar refractivity (Wildman–Crippen MR) is 75.3 cm³/mol. The molecular weight excluding hydrogens is 242 g/mol. The van der Waals surface area contributed by atoms with Gasteiger partial charge in [-0.3, -0.25) is 5.10 Å². The lowest BCUT2D eigenvalue weighted by Crippen LogP contribution is -2.50. The number of H-pyrrole nitrogens is 1. The number of nitrogens with two attached hydrogens (primary N) is 1. The highest BCUT2D eigenvalue weighted by Crippen LogP contribution is 2.37. The molecule has 1 radical (unpaired) electrons. The molecule has 2 heterocycles. The highest BCUT2D eigenvalue weighted by atomic mass is 28.3. The van der Waals surface area contributed by atoms with Gasteiger partial charge in [0.25, 0.3) is 0 Å². The molecule has 0 bridgehead atoms. The Hall–Kier alpha value is -1.33. The van der Waals surface area contributed by atoms with E-state index in [9.17, 15) is 5.11 Å². The molecule has 4 N–H and O–H groups in total. The van der Waals surface area contributed by atoms with Crippen LogP contribution in [0.5, 0.6) is 0 Å². The quantitative estimate of drug-likeness (QED) is 0.562. The summed E-state index contributed by atoms with van der Waals surface area (Å²) < 4.78 is 0. The number of nitrogens with zero attached hydrogens (tertiary/aromatic N) is 1. The van der Waals surface area contributed by atoms with Gasteiger partial charge in [0.05, 0.1) is 11.1 Å². The van der Waals surface area contributed by atoms with Gasteiger partial charge in [-0.2, -0.15) is 5.10 Å². The van der Waals surface area contributed by atoms with E-state index < -0.39 is 14.4 Å². The highest BCUT2D eigenvalue weighted by Gasteiger charge is 2.41. The summed E-state index contributed by atoms with van der Waals surface area (Å²) >= 11 is 0. The molecule has 1 saturated heterocycles. The van der Waals surface area contributed by atoms with E-state index >= 15 is 0 Å². The Balaban J connectivity index is 1.85. The topological polar surface area (TPSA) is 74.9 Å². The molecule has 1 fully saturated rings. The van der Waals surface area contributed by atoms with Crippen molar-refractivity contribution >= 4 is 30.7 Å². The second kappa shape index (κ2) is 3.83. The lowest BCUT2D eigenvalue weighted by Gasteiger charge is -2.41. The zero-order valence-corrected chi connectivity index (χ0v) is 11.7. The molecule has 3 rings (SSSR count). The Morgan fingerprint density at radius 2 is 2.17 bits per heavy atom. The van der Waals surface area contributed by atoms with Gasteiger partial charge in [-0.25, -0.2) is 0 Å². The molecule has 95 valence electrons. The molecule has 0 spiro atoms. The number of aliphatic hydroxyl groups is 1. The highest BCUT2D eigenvalue weighted by molar-refractivity contribution is 6.77. The molecular formula is C13H18N3OSi. The summed E-state index contributed by atoms with van der Waals surface area (Å²) in [6, 6.07) is 8.13. The molecule has 0 atom stereocenters. The maximum Gasteiger partial charge on any atom is 0.112 e. The minimum absolute atomic E-state index is 0.429. The predicted octanol–water partition coefficient (Wildman–Crippen LogP) is 1.25. The van der Waals surface area contributed by atoms with E-state index in [1.54, 1.807) is 0 Å². The second-order valence-corrected chi connectivity index (χ2v) is 8.26. The Kier molecular flexibility index (Phi) is 2.50. The van der Waals surface area contributed by atoms with Gasteiger partial charge in [-0.05, 0) is 50.1 Å². The fourth-order valence-electron chi connectivity index (χ4n) is 2.54. The Labute approximate surface area is 108 Å². The van der Waals surface area contributed by atoms with Crippen molar-refractivity contribution in [1.29, 1.82) is 0 Å². The van der Waals surface area contributed by atoms with Crippen molar-refractivity contribution in [2.45, 2.75) is 31.5 Å². The number of aromatic amines is 1. The van der Waals surface area contributed by atoms with E-state index in [4.69, 9.17) is 5.73 Å². The Bertz CT molecular complexity index is 581. The lowest BCUT2D eigenvalue weighted by molar-refractivity contribution is 0.0254. The van der Waals surface area contributed by atoms with Crippen molar-refractivity contribution in [1.82, 2.24) is 10.2 Å². The minimum Gasteiger partial charge on any atom is -0.399 e. The monoisotopic (exact) mass is 260 g/mol. The van der Waals surface area contributed by atoms with E-state index in [0.29, 0.717) is 5.92 Å². The molecule has 0 unspecified atom stereocenters. The summed E-state index contributed by atoms with van der Waals surface area (Å²) in [6.45, 7) is 3.81. The van der Waals surface area contributed by atoms with Crippen LogP contribution in [-0.2, 0) is 0 Å². The standard InChI is InChI=1S/C13H18N3OSi/c1-13(2,17)8-6-18(7-8)12-10-4-3-9(14)5-11(10)15-16-12/h3-5,8,17H,6-7,14H2,1-2H3,(H,15,16). The number of aromatic nitrogens is 2. The zero-order valence-electron chi connectivity index (χ0n) is 10.7. The van der Waals surface area contributed by atoms with Crippen molar-refractivity contribution in [2.24, 2.45) is 5.92 Å². The van der Waals surface area contributed by atoms with Crippen LogP contribution in [0.25, 0.3) is 10.9 Å². The minimum atomic E-state index is -0.570. The molecule has 4 nitrogen and oxygen atoms in total. The molecule has 1 aliphatic heterocycles. The SMILES string of the molecule is CC(C)(O)C1C[Si](c2[nH]nc3cc(N)ccc23)C1. The van der Waals surface area contributed by atoms with Gasteiger partial charge in [-0.15, -0.1) is 0 Å². The zero-order chi connectivity index (χ0) is 12.9. The normalized spacial score (nSPS) is 18.2. The number of hydrogen-bond acceptors (Lipinski definition) is 3. The van der Waals surface area contributed by atoms with Crippen LogP contribution < -0.4 is 11.1 Å². The van der Waals surface area contributed by atoms with Gasteiger partial charge in [0.15, 0.2) is 0 Å². The first-order valence-corrected chi connectivity index (χ1v) is 8.17. The number of benzene rings is 1. The van der Waals surface area contributed by atoms with E-state index in [0.717, 1.165) is 23.3 Å². The second-order valence-electron chi connectivity index (χ2n) is 5.74. The molecule has 5 heteroatoms. The van der Waals surface area contributed by atoms with E-state index in [1.807, 2.05) is 26.0 Å². The van der Waals surface area contributed by atoms with E-state index in [1.165, 1.54) is 10.7 Å². The van der Waals surface area contributed by atoms with Crippen molar-refractivity contribution in [3.8, 4) is 0 Å². The molecule has 1 aromatic carbocycles. The first-order chi connectivity index (χ1) is 8.45. The van der Waals surface area contributed by atoms with Gasteiger partial charge in [0.2, 0.25) is 0 Å². The molecule has 2 aromatic rings. The fraction of sp³-hybridized carbons (Fsp3) is 0.462. The summed E-state index contributed by atoms with van der Waals surface area (Å²) in [5.41, 5.74) is 6.91. The average molecular weight is 260 g/mol. The first kappa shape index (κ1) is 11.7. The molecule has 1 aromatic heterocycles. The summed E-state index contributed by atoms with van der Waals surface area (Å²) in [5, 5.41) is 20.0. The maximum absolute atomic E-state index is 9.98.